The average Bonchev–Trinajstić information content (AvgIpc) is 3.04. The molecule has 21 heavy (non-hydrogen) atoms. The second-order valence-corrected chi connectivity index (χ2v) is 5.03. The van der Waals surface area contributed by atoms with Gasteiger partial charge in [-0.1, -0.05) is 6.92 Å². The Labute approximate surface area is 121 Å². The average molecular weight is 295 g/mol. The van der Waals surface area contributed by atoms with Crippen LogP contribution in [0.25, 0.3) is 0 Å². The third-order valence-corrected chi connectivity index (χ3v) is 3.58. The van der Waals surface area contributed by atoms with Gasteiger partial charge in [0.05, 0.1) is 11.1 Å². The van der Waals surface area contributed by atoms with Gasteiger partial charge in [-0.2, -0.15) is 0 Å². The smallest absolute Gasteiger partial charge is 0.326 e. The fourth-order valence-corrected chi connectivity index (χ4v) is 2.61. The molecule has 1 unspecified atom stereocenters. The molecule has 1 amide bonds. The van der Waals surface area contributed by atoms with Crippen LogP contribution in [0.5, 0.6) is 0 Å². The number of aromatic nitrogens is 1. The number of carboxylic acid groups (broad SMARTS) is 1. The molecule has 2 heterocycles. The van der Waals surface area contributed by atoms with E-state index in [4.69, 9.17) is 5.11 Å². The van der Waals surface area contributed by atoms with E-state index >= 15 is 0 Å². The molecule has 114 valence electrons. The molecule has 1 aliphatic heterocycles. The predicted octanol–water partition coefficient (Wildman–Crippen LogP) is 1.50. The van der Waals surface area contributed by atoms with E-state index in [0.29, 0.717) is 32.4 Å². The summed E-state index contributed by atoms with van der Waals surface area (Å²) in [5.41, 5.74) is 0.0228. The first-order valence-corrected chi connectivity index (χ1v) is 6.84. The molecule has 1 aromatic rings. The van der Waals surface area contributed by atoms with Gasteiger partial charge in [0.1, 0.15) is 11.7 Å². The molecule has 1 aromatic heterocycles. The second kappa shape index (κ2) is 5.94. The van der Waals surface area contributed by atoms with Gasteiger partial charge in [0, 0.05) is 19.2 Å². The molecule has 1 saturated heterocycles. The molecule has 1 aliphatic rings. The van der Waals surface area contributed by atoms with Crippen LogP contribution in [0.4, 0.5) is 5.69 Å². The molecule has 8 heteroatoms. The minimum absolute atomic E-state index is 0.155. The highest BCUT2D eigenvalue weighted by molar-refractivity contribution is 5.96. The molecule has 0 saturated carbocycles. The van der Waals surface area contributed by atoms with Gasteiger partial charge in [0.2, 0.25) is 0 Å². The SMILES string of the molecule is CCCn1cc([N+](=O)[O-])cc1C(=O)N1CCCC1C(=O)O. The van der Waals surface area contributed by atoms with Crippen LogP contribution < -0.4 is 0 Å². The minimum atomic E-state index is -1.04. The zero-order valence-electron chi connectivity index (χ0n) is 11.7. The molecular weight excluding hydrogens is 278 g/mol. The number of likely N-dealkylation sites (tertiary alicyclic amines) is 1. The van der Waals surface area contributed by atoms with Crippen molar-refractivity contribution in [3.05, 3.63) is 28.1 Å². The summed E-state index contributed by atoms with van der Waals surface area (Å²) in [5, 5.41) is 20.0. The van der Waals surface area contributed by atoms with Crippen molar-refractivity contribution >= 4 is 17.6 Å². The van der Waals surface area contributed by atoms with Crippen LogP contribution in [0.2, 0.25) is 0 Å². The van der Waals surface area contributed by atoms with Crippen LogP contribution in [0.3, 0.4) is 0 Å². The highest BCUT2D eigenvalue weighted by Gasteiger charge is 2.36. The number of hydrogen-bond donors (Lipinski definition) is 1. The van der Waals surface area contributed by atoms with E-state index in [-0.39, 0.29) is 11.4 Å². The molecule has 1 N–H and O–H groups in total. The van der Waals surface area contributed by atoms with Crippen LogP contribution in [0.1, 0.15) is 36.7 Å². The van der Waals surface area contributed by atoms with E-state index < -0.39 is 22.8 Å². The van der Waals surface area contributed by atoms with E-state index in [1.165, 1.54) is 21.7 Å². The molecule has 0 aliphatic carbocycles. The van der Waals surface area contributed by atoms with Gasteiger partial charge in [-0.25, -0.2) is 4.79 Å². The molecule has 0 spiro atoms. The first-order chi connectivity index (χ1) is 9.95. The van der Waals surface area contributed by atoms with E-state index in [1.54, 1.807) is 0 Å². The Balaban J connectivity index is 2.33. The summed E-state index contributed by atoms with van der Waals surface area (Å²) in [5.74, 6) is -1.50. The van der Waals surface area contributed by atoms with Crippen LogP contribution in [0.15, 0.2) is 12.3 Å². The zero-order valence-corrected chi connectivity index (χ0v) is 11.7. The van der Waals surface area contributed by atoms with E-state index in [1.807, 2.05) is 6.92 Å². The Hall–Kier alpha value is -2.38. The summed E-state index contributed by atoms with van der Waals surface area (Å²) in [6.45, 7) is 2.73. The molecule has 0 radical (unpaired) electrons. The monoisotopic (exact) mass is 295 g/mol. The van der Waals surface area contributed by atoms with Crippen LogP contribution in [-0.2, 0) is 11.3 Å². The first-order valence-electron chi connectivity index (χ1n) is 6.84. The molecule has 1 atom stereocenters. The molecule has 1 fully saturated rings. The number of carbonyl (C=O) groups excluding carboxylic acids is 1. The van der Waals surface area contributed by atoms with Gasteiger partial charge in [0.15, 0.2) is 0 Å². The number of rotatable bonds is 5. The molecule has 8 nitrogen and oxygen atoms in total. The topological polar surface area (TPSA) is 106 Å². The Morgan fingerprint density at radius 3 is 2.81 bits per heavy atom. The zero-order chi connectivity index (χ0) is 15.6. The maximum Gasteiger partial charge on any atom is 0.326 e. The number of nitro groups is 1. The van der Waals surface area contributed by atoms with Crippen molar-refractivity contribution in [3.8, 4) is 0 Å². The first kappa shape index (κ1) is 15.0. The Morgan fingerprint density at radius 1 is 1.52 bits per heavy atom. The number of carbonyl (C=O) groups is 2. The molecule has 0 aromatic carbocycles. The lowest BCUT2D eigenvalue weighted by Crippen LogP contribution is -2.41. The van der Waals surface area contributed by atoms with E-state index in [2.05, 4.69) is 0 Å². The maximum absolute atomic E-state index is 12.5. The lowest BCUT2D eigenvalue weighted by Gasteiger charge is -2.21. The number of carboxylic acids is 1. The molecule has 0 bridgehead atoms. The second-order valence-electron chi connectivity index (χ2n) is 5.03. The van der Waals surface area contributed by atoms with E-state index in [9.17, 15) is 19.7 Å². The lowest BCUT2D eigenvalue weighted by atomic mass is 10.2. The van der Waals surface area contributed by atoms with Gasteiger partial charge >= 0.3 is 5.97 Å². The Bertz CT molecular complexity index is 580. The number of nitrogens with zero attached hydrogens (tertiary/aromatic N) is 3. The van der Waals surface area contributed by atoms with Crippen LogP contribution in [-0.4, -0.2) is 44.0 Å². The van der Waals surface area contributed by atoms with Gasteiger partial charge in [-0.05, 0) is 19.3 Å². The van der Waals surface area contributed by atoms with Crippen LogP contribution in [0, 0.1) is 10.1 Å². The predicted molar refractivity (Wildman–Crippen MR) is 73.1 cm³/mol. The van der Waals surface area contributed by atoms with Crippen molar-refractivity contribution in [1.29, 1.82) is 0 Å². The molecular formula is C13H17N3O5. The lowest BCUT2D eigenvalue weighted by molar-refractivity contribution is -0.384. The Kier molecular flexibility index (Phi) is 4.25. The summed E-state index contributed by atoms with van der Waals surface area (Å²) < 4.78 is 1.53. The van der Waals surface area contributed by atoms with Gasteiger partial charge in [0.25, 0.3) is 11.6 Å². The normalized spacial score (nSPS) is 18.0. The van der Waals surface area contributed by atoms with Crippen molar-refractivity contribution in [2.75, 3.05) is 6.54 Å². The third kappa shape index (κ3) is 2.88. The highest BCUT2D eigenvalue weighted by Crippen LogP contribution is 2.24. The minimum Gasteiger partial charge on any atom is -0.480 e. The van der Waals surface area contributed by atoms with E-state index in [0.717, 1.165) is 0 Å². The van der Waals surface area contributed by atoms with Crippen LogP contribution >= 0.6 is 0 Å². The van der Waals surface area contributed by atoms with Crippen molar-refractivity contribution in [1.82, 2.24) is 9.47 Å². The van der Waals surface area contributed by atoms with Crippen molar-refractivity contribution < 1.29 is 19.6 Å². The van der Waals surface area contributed by atoms with Crippen molar-refractivity contribution in [2.24, 2.45) is 0 Å². The largest absolute Gasteiger partial charge is 0.480 e. The summed E-state index contributed by atoms with van der Waals surface area (Å²) in [6, 6.07) is 0.372. The quantitative estimate of drug-likeness (QED) is 0.654. The van der Waals surface area contributed by atoms with Gasteiger partial charge in [-0.3, -0.25) is 14.9 Å². The molecule has 2 rings (SSSR count). The maximum atomic E-state index is 12.5. The summed E-state index contributed by atoms with van der Waals surface area (Å²) in [4.78, 5) is 35.3. The summed E-state index contributed by atoms with van der Waals surface area (Å²) in [6.07, 6.45) is 3.08. The number of aliphatic carboxylic acids is 1. The fraction of sp³-hybridized carbons (Fsp3) is 0.538. The summed E-state index contributed by atoms with van der Waals surface area (Å²) >= 11 is 0. The van der Waals surface area contributed by atoms with Crippen molar-refractivity contribution in [2.45, 2.75) is 38.8 Å². The number of aryl methyl sites for hydroxylation is 1. The third-order valence-electron chi connectivity index (χ3n) is 3.58. The number of hydrogen-bond acceptors (Lipinski definition) is 4. The highest BCUT2D eigenvalue weighted by atomic mass is 16.6. The van der Waals surface area contributed by atoms with Crippen molar-refractivity contribution in [3.63, 3.8) is 0 Å². The number of amides is 1. The van der Waals surface area contributed by atoms with Gasteiger partial charge in [-0.15, -0.1) is 0 Å². The Morgan fingerprint density at radius 2 is 2.24 bits per heavy atom. The fourth-order valence-electron chi connectivity index (χ4n) is 2.61. The van der Waals surface area contributed by atoms with Gasteiger partial charge < -0.3 is 14.6 Å². The standard InChI is InChI=1S/C13H17N3O5/c1-2-5-14-8-9(16(20)21)7-11(14)12(17)15-6-3-4-10(15)13(18)19/h7-8,10H,2-6H2,1H3,(H,18,19). The summed E-state index contributed by atoms with van der Waals surface area (Å²) in [7, 11) is 0.